The van der Waals surface area contributed by atoms with Crippen molar-refractivity contribution in [3.8, 4) is 6.07 Å². The van der Waals surface area contributed by atoms with Crippen molar-refractivity contribution in [3.05, 3.63) is 70.8 Å². The minimum absolute atomic E-state index is 0.0812. The minimum atomic E-state index is 0.0812. The molecule has 2 aromatic carbocycles. The van der Waals surface area contributed by atoms with Gasteiger partial charge in [-0.1, -0.05) is 36.4 Å². The molecule has 2 aliphatic rings. The Morgan fingerprint density at radius 2 is 1.96 bits per heavy atom. The lowest BCUT2D eigenvalue weighted by Crippen LogP contribution is -2.57. The van der Waals surface area contributed by atoms with E-state index in [0.29, 0.717) is 11.1 Å². The zero-order valence-corrected chi connectivity index (χ0v) is 13.5. The molecule has 24 heavy (non-hydrogen) atoms. The molecule has 2 aliphatic heterocycles. The highest BCUT2D eigenvalue weighted by atomic mass is 16.2. The molecular formula is C20H19N3O. The minimum Gasteiger partial charge on any atom is -0.333 e. The van der Waals surface area contributed by atoms with Gasteiger partial charge in [-0.2, -0.15) is 5.26 Å². The highest BCUT2D eigenvalue weighted by molar-refractivity contribution is 5.97. The van der Waals surface area contributed by atoms with Crippen molar-refractivity contribution in [2.75, 3.05) is 19.6 Å². The average molecular weight is 317 g/mol. The molecule has 0 radical (unpaired) electrons. The van der Waals surface area contributed by atoms with Gasteiger partial charge >= 0.3 is 0 Å². The molecule has 4 heteroatoms. The van der Waals surface area contributed by atoms with Crippen molar-refractivity contribution in [1.82, 2.24) is 9.80 Å². The Morgan fingerprint density at radius 1 is 1.12 bits per heavy atom. The van der Waals surface area contributed by atoms with Crippen LogP contribution in [0.15, 0.2) is 48.5 Å². The summed E-state index contributed by atoms with van der Waals surface area (Å²) in [5.74, 6) is 0.0812. The maximum Gasteiger partial charge on any atom is 0.254 e. The van der Waals surface area contributed by atoms with Gasteiger partial charge < -0.3 is 4.90 Å². The fourth-order valence-electron chi connectivity index (χ4n) is 3.78. The molecule has 1 atom stereocenters. The summed E-state index contributed by atoms with van der Waals surface area (Å²) >= 11 is 0. The first kappa shape index (κ1) is 14.9. The molecule has 0 saturated carbocycles. The number of fused-ring (bicyclic) bond motifs is 2. The van der Waals surface area contributed by atoms with Crippen molar-refractivity contribution in [2.24, 2.45) is 0 Å². The molecule has 1 fully saturated rings. The molecule has 120 valence electrons. The summed E-state index contributed by atoms with van der Waals surface area (Å²) in [6.07, 6.45) is 0.873. The van der Waals surface area contributed by atoms with E-state index in [4.69, 9.17) is 5.26 Å². The number of nitriles is 1. The van der Waals surface area contributed by atoms with Crippen molar-refractivity contribution in [3.63, 3.8) is 0 Å². The van der Waals surface area contributed by atoms with Crippen LogP contribution in [-0.4, -0.2) is 41.4 Å². The standard InChI is InChI=1S/C20H19N3O/c21-12-16-6-7-17-11-18-14-22(13-15-4-2-1-3-5-15)8-9-23(18)20(24)19(17)10-16/h1-7,10,18H,8-9,11,13-14H2/t18-/m1/s1. The van der Waals surface area contributed by atoms with E-state index in [1.54, 1.807) is 6.07 Å². The Balaban J connectivity index is 1.53. The van der Waals surface area contributed by atoms with Crippen LogP contribution in [0.4, 0.5) is 0 Å². The summed E-state index contributed by atoms with van der Waals surface area (Å²) in [6, 6.07) is 18.3. The van der Waals surface area contributed by atoms with Gasteiger partial charge in [-0.05, 0) is 29.7 Å². The second-order valence-corrected chi connectivity index (χ2v) is 6.56. The molecule has 0 aromatic heterocycles. The van der Waals surface area contributed by atoms with Crippen LogP contribution >= 0.6 is 0 Å². The molecule has 4 rings (SSSR count). The van der Waals surface area contributed by atoms with Crippen LogP contribution in [0.1, 0.15) is 27.0 Å². The van der Waals surface area contributed by atoms with E-state index in [1.165, 1.54) is 5.56 Å². The summed E-state index contributed by atoms with van der Waals surface area (Å²) in [4.78, 5) is 17.2. The monoisotopic (exact) mass is 317 g/mol. The molecule has 2 aromatic rings. The lowest BCUT2D eigenvalue weighted by atomic mass is 9.90. The predicted octanol–water partition coefficient (Wildman–Crippen LogP) is 2.44. The zero-order valence-electron chi connectivity index (χ0n) is 13.5. The van der Waals surface area contributed by atoms with Crippen molar-refractivity contribution < 1.29 is 4.79 Å². The Kier molecular flexibility index (Phi) is 3.79. The summed E-state index contributed by atoms with van der Waals surface area (Å²) < 4.78 is 0. The van der Waals surface area contributed by atoms with E-state index in [-0.39, 0.29) is 11.9 Å². The Hall–Kier alpha value is -2.64. The van der Waals surface area contributed by atoms with Crippen molar-refractivity contribution in [2.45, 2.75) is 19.0 Å². The number of piperazine rings is 1. The lowest BCUT2D eigenvalue weighted by Gasteiger charge is -2.44. The first-order chi connectivity index (χ1) is 11.7. The van der Waals surface area contributed by atoms with Gasteiger partial charge in [0.25, 0.3) is 5.91 Å². The van der Waals surface area contributed by atoms with E-state index < -0.39 is 0 Å². The Bertz CT molecular complexity index is 809. The number of rotatable bonds is 2. The fourth-order valence-corrected chi connectivity index (χ4v) is 3.78. The van der Waals surface area contributed by atoms with Gasteiger partial charge in [-0.15, -0.1) is 0 Å². The van der Waals surface area contributed by atoms with Crippen LogP contribution in [0.2, 0.25) is 0 Å². The zero-order chi connectivity index (χ0) is 16.5. The number of hydrogen-bond donors (Lipinski definition) is 0. The third-order valence-electron chi connectivity index (χ3n) is 5.00. The molecular weight excluding hydrogens is 298 g/mol. The third kappa shape index (κ3) is 2.68. The highest BCUT2D eigenvalue weighted by Crippen LogP contribution is 2.27. The van der Waals surface area contributed by atoms with Gasteiger partial charge in [-0.3, -0.25) is 9.69 Å². The summed E-state index contributed by atoms with van der Waals surface area (Å²) in [7, 11) is 0. The Labute approximate surface area is 141 Å². The van der Waals surface area contributed by atoms with Crippen LogP contribution in [-0.2, 0) is 13.0 Å². The molecule has 0 aliphatic carbocycles. The number of nitrogens with zero attached hydrogens (tertiary/aromatic N) is 3. The summed E-state index contributed by atoms with van der Waals surface area (Å²) in [6.45, 7) is 3.48. The maximum atomic E-state index is 12.8. The summed E-state index contributed by atoms with van der Waals surface area (Å²) in [5, 5.41) is 9.05. The van der Waals surface area contributed by atoms with E-state index in [0.717, 1.165) is 38.2 Å². The van der Waals surface area contributed by atoms with Crippen molar-refractivity contribution >= 4 is 5.91 Å². The fraction of sp³-hybridized carbons (Fsp3) is 0.300. The van der Waals surface area contributed by atoms with Crippen LogP contribution in [0, 0.1) is 11.3 Å². The summed E-state index contributed by atoms with van der Waals surface area (Å²) in [5.41, 5.74) is 3.65. The second-order valence-electron chi connectivity index (χ2n) is 6.56. The number of carbonyl (C=O) groups is 1. The van der Waals surface area contributed by atoms with Crippen LogP contribution < -0.4 is 0 Å². The predicted molar refractivity (Wildman–Crippen MR) is 91.4 cm³/mol. The number of carbonyl (C=O) groups excluding carboxylic acids is 1. The van der Waals surface area contributed by atoms with E-state index >= 15 is 0 Å². The van der Waals surface area contributed by atoms with E-state index in [9.17, 15) is 4.79 Å². The van der Waals surface area contributed by atoms with E-state index in [2.05, 4.69) is 35.2 Å². The first-order valence-corrected chi connectivity index (χ1v) is 8.35. The quantitative estimate of drug-likeness (QED) is 0.855. The maximum absolute atomic E-state index is 12.8. The van der Waals surface area contributed by atoms with Gasteiger partial charge in [0, 0.05) is 37.8 Å². The van der Waals surface area contributed by atoms with Gasteiger partial charge in [0.2, 0.25) is 0 Å². The molecule has 1 amide bonds. The molecule has 1 saturated heterocycles. The lowest BCUT2D eigenvalue weighted by molar-refractivity contribution is 0.0402. The van der Waals surface area contributed by atoms with Gasteiger partial charge in [0.05, 0.1) is 11.6 Å². The van der Waals surface area contributed by atoms with Crippen LogP contribution in [0.3, 0.4) is 0 Å². The smallest absolute Gasteiger partial charge is 0.254 e. The van der Waals surface area contributed by atoms with Crippen LogP contribution in [0.25, 0.3) is 0 Å². The number of amides is 1. The molecule has 2 heterocycles. The number of hydrogen-bond acceptors (Lipinski definition) is 3. The SMILES string of the molecule is N#Cc1ccc2c(c1)C(=O)N1CCN(Cc3ccccc3)C[C@H]1C2. The first-order valence-electron chi connectivity index (χ1n) is 8.35. The molecule has 0 spiro atoms. The Morgan fingerprint density at radius 3 is 2.75 bits per heavy atom. The molecule has 0 N–H and O–H groups in total. The topological polar surface area (TPSA) is 47.3 Å². The van der Waals surface area contributed by atoms with Gasteiger partial charge in [-0.25, -0.2) is 0 Å². The van der Waals surface area contributed by atoms with Gasteiger partial charge in [0.15, 0.2) is 0 Å². The largest absolute Gasteiger partial charge is 0.333 e. The molecule has 4 nitrogen and oxygen atoms in total. The molecule has 0 unspecified atom stereocenters. The second kappa shape index (κ2) is 6.10. The van der Waals surface area contributed by atoms with Crippen LogP contribution in [0.5, 0.6) is 0 Å². The average Bonchev–Trinajstić information content (AvgIpc) is 2.62. The third-order valence-corrected chi connectivity index (χ3v) is 5.00. The van der Waals surface area contributed by atoms with E-state index in [1.807, 2.05) is 23.1 Å². The van der Waals surface area contributed by atoms with Gasteiger partial charge in [0.1, 0.15) is 0 Å². The van der Waals surface area contributed by atoms with Crippen molar-refractivity contribution in [1.29, 1.82) is 5.26 Å². The molecule has 0 bridgehead atoms. The highest BCUT2D eigenvalue weighted by Gasteiger charge is 2.36. The normalized spacial score (nSPS) is 20.2. The number of benzene rings is 2.